The number of hydrogen-bond acceptors (Lipinski definition) is 2. The SMILES string of the molecule is CC(C)(C)OCC(N)Cc1ccccc1F. The van der Waals surface area contributed by atoms with Crippen LogP contribution in [0.3, 0.4) is 0 Å². The molecule has 0 fully saturated rings. The Morgan fingerprint density at radius 3 is 2.50 bits per heavy atom. The Labute approximate surface area is 96.6 Å². The monoisotopic (exact) mass is 225 g/mol. The molecule has 1 unspecified atom stereocenters. The molecule has 1 aromatic carbocycles. The van der Waals surface area contributed by atoms with E-state index in [9.17, 15) is 4.39 Å². The first-order valence-corrected chi connectivity index (χ1v) is 5.51. The first-order chi connectivity index (χ1) is 7.38. The Balaban J connectivity index is 2.46. The van der Waals surface area contributed by atoms with E-state index in [4.69, 9.17) is 10.5 Å². The van der Waals surface area contributed by atoms with Crippen LogP contribution in [0.4, 0.5) is 4.39 Å². The van der Waals surface area contributed by atoms with Gasteiger partial charge in [0.1, 0.15) is 5.82 Å². The minimum absolute atomic E-state index is 0.170. The van der Waals surface area contributed by atoms with Crippen molar-refractivity contribution in [2.75, 3.05) is 6.61 Å². The molecule has 0 aliphatic carbocycles. The van der Waals surface area contributed by atoms with Crippen molar-refractivity contribution in [1.82, 2.24) is 0 Å². The molecule has 1 aromatic rings. The molecule has 2 N–H and O–H groups in total. The Hall–Kier alpha value is -0.930. The highest BCUT2D eigenvalue weighted by Crippen LogP contribution is 2.11. The van der Waals surface area contributed by atoms with Crippen LogP contribution in [0.2, 0.25) is 0 Å². The third kappa shape index (κ3) is 4.73. The van der Waals surface area contributed by atoms with Gasteiger partial charge in [0.15, 0.2) is 0 Å². The van der Waals surface area contributed by atoms with Gasteiger partial charge in [0.05, 0.1) is 12.2 Å². The van der Waals surface area contributed by atoms with E-state index in [2.05, 4.69) is 0 Å². The molecule has 1 atom stereocenters. The van der Waals surface area contributed by atoms with Crippen LogP contribution in [0, 0.1) is 5.82 Å². The van der Waals surface area contributed by atoms with E-state index in [-0.39, 0.29) is 17.5 Å². The van der Waals surface area contributed by atoms with Gasteiger partial charge >= 0.3 is 0 Å². The largest absolute Gasteiger partial charge is 0.374 e. The average molecular weight is 225 g/mol. The second-order valence-corrected chi connectivity index (χ2v) is 4.98. The number of halogens is 1. The highest BCUT2D eigenvalue weighted by Gasteiger charge is 2.14. The van der Waals surface area contributed by atoms with E-state index in [0.29, 0.717) is 18.6 Å². The second-order valence-electron chi connectivity index (χ2n) is 4.98. The number of ether oxygens (including phenoxy) is 1. The van der Waals surface area contributed by atoms with Crippen molar-refractivity contribution in [3.05, 3.63) is 35.6 Å². The summed E-state index contributed by atoms with van der Waals surface area (Å²) in [7, 11) is 0. The summed E-state index contributed by atoms with van der Waals surface area (Å²) in [5.74, 6) is -0.200. The second kappa shape index (κ2) is 5.41. The Morgan fingerprint density at radius 2 is 1.94 bits per heavy atom. The quantitative estimate of drug-likeness (QED) is 0.854. The molecule has 0 bridgehead atoms. The lowest BCUT2D eigenvalue weighted by Crippen LogP contribution is -2.33. The van der Waals surface area contributed by atoms with Gasteiger partial charge in [0.2, 0.25) is 0 Å². The third-order valence-corrected chi connectivity index (χ3v) is 2.17. The van der Waals surface area contributed by atoms with Gasteiger partial charge in [-0.3, -0.25) is 0 Å². The van der Waals surface area contributed by atoms with Gasteiger partial charge in [0, 0.05) is 6.04 Å². The minimum atomic E-state index is -0.202. The van der Waals surface area contributed by atoms with Crippen molar-refractivity contribution in [3.8, 4) is 0 Å². The highest BCUT2D eigenvalue weighted by atomic mass is 19.1. The molecule has 2 nitrogen and oxygen atoms in total. The predicted octanol–water partition coefficient (Wildman–Crippen LogP) is 2.51. The zero-order valence-electron chi connectivity index (χ0n) is 10.2. The fourth-order valence-corrected chi connectivity index (χ4v) is 1.36. The fraction of sp³-hybridized carbons (Fsp3) is 0.538. The summed E-state index contributed by atoms with van der Waals surface area (Å²) in [6, 6.07) is 6.53. The summed E-state index contributed by atoms with van der Waals surface area (Å²) in [5.41, 5.74) is 6.33. The normalized spacial score (nSPS) is 13.8. The van der Waals surface area contributed by atoms with Gasteiger partial charge in [-0.15, -0.1) is 0 Å². The van der Waals surface area contributed by atoms with Crippen LogP contribution >= 0.6 is 0 Å². The summed E-state index contributed by atoms with van der Waals surface area (Å²) < 4.78 is 18.9. The zero-order valence-corrected chi connectivity index (χ0v) is 10.2. The molecule has 90 valence electrons. The molecule has 0 aromatic heterocycles. The van der Waals surface area contributed by atoms with Crippen molar-refractivity contribution in [2.24, 2.45) is 5.73 Å². The molecule has 0 aliphatic heterocycles. The summed E-state index contributed by atoms with van der Waals surface area (Å²) in [4.78, 5) is 0. The molecule has 16 heavy (non-hydrogen) atoms. The van der Waals surface area contributed by atoms with Gasteiger partial charge in [-0.05, 0) is 38.8 Å². The molecule has 0 spiro atoms. The van der Waals surface area contributed by atoms with E-state index >= 15 is 0 Å². The summed E-state index contributed by atoms with van der Waals surface area (Å²) in [6.07, 6.45) is 0.503. The Morgan fingerprint density at radius 1 is 1.31 bits per heavy atom. The number of rotatable bonds is 4. The fourth-order valence-electron chi connectivity index (χ4n) is 1.36. The highest BCUT2D eigenvalue weighted by molar-refractivity contribution is 5.18. The molecule has 0 amide bonds. The van der Waals surface area contributed by atoms with Crippen LogP contribution in [-0.2, 0) is 11.2 Å². The lowest BCUT2D eigenvalue weighted by atomic mass is 10.1. The minimum Gasteiger partial charge on any atom is -0.374 e. The van der Waals surface area contributed by atoms with Crippen molar-refractivity contribution < 1.29 is 9.13 Å². The molecule has 0 saturated carbocycles. The van der Waals surface area contributed by atoms with Crippen molar-refractivity contribution in [2.45, 2.75) is 38.8 Å². The van der Waals surface area contributed by atoms with E-state index in [1.807, 2.05) is 26.8 Å². The van der Waals surface area contributed by atoms with Crippen LogP contribution < -0.4 is 5.73 Å². The zero-order chi connectivity index (χ0) is 12.2. The van der Waals surface area contributed by atoms with E-state index in [1.54, 1.807) is 12.1 Å². The topological polar surface area (TPSA) is 35.2 Å². The summed E-state index contributed by atoms with van der Waals surface area (Å²) in [6.45, 7) is 6.37. The van der Waals surface area contributed by atoms with E-state index in [0.717, 1.165) is 0 Å². The predicted molar refractivity (Wildman–Crippen MR) is 63.8 cm³/mol. The summed E-state index contributed by atoms with van der Waals surface area (Å²) >= 11 is 0. The van der Waals surface area contributed by atoms with Crippen LogP contribution in [0.1, 0.15) is 26.3 Å². The van der Waals surface area contributed by atoms with Crippen molar-refractivity contribution in [1.29, 1.82) is 0 Å². The van der Waals surface area contributed by atoms with Crippen LogP contribution in [0.15, 0.2) is 24.3 Å². The van der Waals surface area contributed by atoms with Gasteiger partial charge in [-0.1, -0.05) is 18.2 Å². The first-order valence-electron chi connectivity index (χ1n) is 5.51. The van der Waals surface area contributed by atoms with Crippen molar-refractivity contribution in [3.63, 3.8) is 0 Å². The van der Waals surface area contributed by atoms with Crippen molar-refractivity contribution >= 4 is 0 Å². The Kier molecular flexibility index (Phi) is 4.44. The maximum absolute atomic E-state index is 13.3. The third-order valence-electron chi connectivity index (χ3n) is 2.17. The van der Waals surface area contributed by atoms with Crippen LogP contribution in [-0.4, -0.2) is 18.2 Å². The van der Waals surface area contributed by atoms with Gasteiger partial charge in [-0.25, -0.2) is 4.39 Å². The van der Waals surface area contributed by atoms with Gasteiger partial charge < -0.3 is 10.5 Å². The Bertz CT molecular complexity index is 333. The standard InChI is InChI=1S/C13H20FNO/c1-13(2,3)16-9-11(15)8-10-6-4-5-7-12(10)14/h4-7,11H,8-9,15H2,1-3H3. The smallest absolute Gasteiger partial charge is 0.126 e. The number of benzene rings is 1. The molecular weight excluding hydrogens is 205 g/mol. The average Bonchev–Trinajstić information content (AvgIpc) is 2.18. The summed E-state index contributed by atoms with van der Waals surface area (Å²) in [5, 5.41) is 0. The molecule has 0 aliphatic rings. The van der Waals surface area contributed by atoms with E-state index < -0.39 is 0 Å². The van der Waals surface area contributed by atoms with Gasteiger partial charge in [-0.2, -0.15) is 0 Å². The number of hydrogen-bond donors (Lipinski definition) is 1. The van der Waals surface area contributed by atoms with E-state index in [1.165, 1.54) is 6.07 Å². The first kappa shape index (κ1) is 13.1. The number of nitrogens with two attached hydrogens (primary N) is 1. The molecule has 0 heterocycles. The molecular formula is C13H20FNO. The lowest BCUT2D eigenvalue weighted by Gasteiger charge is -2.22. The van der Waals surface area contributed by atoms with Gasteiger partial charge in [0.25, 0.3) is 0 Å². The van der Waals surface area contributed by atoms with Crippen LogP contribution in [0.5, 0.6) is 0 Å². The molecule has 1 rings (SSSR count). The lowest BCUT2D eigenvalue weighted by molar-refractivity contribution is -0.00989. The molecule has 0 saturated heterocycles. The maximum Gasteiger partial charge on any atom is 0.126 e. The molecule has 3 heteroatoms. The maximum atomic E-state index is 13.3. The van der Waals surface area contributed by atoms with Crippen LogP contribution in [0.25, 0.3) is 0 Å². The molecule has 0 radical (unpaired) electrons.